The van der Waals surface area contributed by atoms with Crippen LogP contribution in [0.4, 0.5) is 0 Å². The lowest BCUT2D eigenvalue weighted by Gasteiger charge is -2.18. The van der Waals surface area contributed by atoms with Crippen LogP contribution < -0.4 is 18.9 Å². The smallest absolute Gasteiger partial charge is 0.185 e. The number of ether oxygens (including phenoxy) is 4. The molecular weight excluding hydrogens is 270 g/mol. The van der Waals surface area contributed by atoms with Gasteiger partial charge in [0.1, 0.15) is 26.4 Å². The van der Waals surface area contributed by atoms with Gasteiger partial charge in [0.25, 0.3) is 0 Å². The van der Waals surface area contributed by atoms with E-state index in [-0.39, 0.29) is 0 Å². The first-order valence-corrected chi connectivity index (χ1v) is 7.04. The Kier molecular flexibility index (Phi) is 2.11. The van der Waals surface area contributed by atoms with E-state index in [4.69, 9.17) is 18.9 Å². The number of hydrogen-bond donors (Lipinski definition) is 1. The first kappa shape index (κ1) is 11.1. The normalized spacial score (nSPS) is 16.4. The lowest BCUT2D eigenvalue weighted by atomic mass is 10.1. The van der Waals surface area contributed by atoms with Gasteiger partial charge in [0.2, 0.25) is 0 Å². The van der Waals surface area contributed by atoms with Crippen LogP contribution in [0.2, 0.25) is 0 Å². The third-order valence-corrected chi connectivity index (χ3v) is 3.96. The Morgan fingerprint density at radius 1 is 0.619 bits per heavy atom. The molecule has 3 heterocycles. The highest BCUT2D eigenvalue weighted by Gasteiger charge is 2.22. The quantitative estimate of drug-likeness (QED) is 0.689. The molecule has 2 aromatic carbocycles. The van der Waals surface area contributed by atoms with Crippen molar-refractivity contribution in [2.24, 2.45) is 0 Å². The van der Waals surface area contributed by atoms with Crippen LogP contribution in [-0.4, -0.2) is 31.4 Å². The Labute approximate surface area is 120 Å². The van der Waals surface area contributed by atoms with Crippen molar-refractivity contribution in [3.63, 3.8) is 0 Å². The number of benzene rings is 2. The zero-order valence-electron chi connectivity index (χ0n) is 11.3. The van der Waals surface area contributed by atoms with E-state index >= 15 is 0 Å². The van der Waals surface area contributed by atoms with Crippen LogP contribution in [0.3, 0.4) is 0 Å². The Morgan fingerprint density at radius 2 is 1.10 bits per heavy atom. The average molecular weight is 283 g/mol. The van der Waals surface area contributed by atoms with Gasteiger partial charge < -0.3 is 23.9 Å². The van der Waals surface area contributed by atoms with Crippen molar-refractivity contribution in [2.45, 2.75) is 0 Å². The molecule has 106 valence electrons. The van der Waals surface area contributed by atoms with Crippen molar-refractivity contribution in [1.29, 1.82) is 0 Å². The highest BCUT2D eigenvalue weighted by Crippen LogP contribution is 2.44. The topological polar surface area (TPSA) is 52.7 Å². The molecule has 5 nitrogen and oxygen atoms in total. The third kappa shape index (κ3) is 1.46. The van der Waals surface area contributed by atoms with Crippen LogP contribution in [-0.2, 0) is 0 Å². The van der Waals surface area contributed by atoms with Gasteiger partial charge in [-0.15, -0.1) is 0 Å². The summed E-state index contributed by atoms with van der Waals surface area (Å²) >= 11 is 0. The molecule has 5 heteroatoms. The highest BCUT2D eigenvalue weighted by molar-refractivity contribution is 6.12. The number of hydrogen-bond acceptors (Lipinski definition) is 4. The van der Waals surface area contributed by atoms with E-state index in [2.05, 4.69) is 17.1 Å². The largest absolute Gasteiger partial charge is 0.486 e. The molecule has 0 saturated heterocycles. The van der Waals surface area contributed by atoms with E-state index in [1.54, 1.807) is 0 Å². The summed E-state index contributed by atoms with van der Waals surface area (Å²) in [6.07, 6.45) is 0. The summed E-state index contributed by atoms with van der Waals surface area (Å²) in [5.41, 5.74) is 1.90. The minimum atomic E-state index is 0.569. The molecule has 0 spiro atoms. The van der Waals surface area contributed by atoms with Crippen LogP contribution in [0.25, 0.3) is 21.8 Å². The molecule has 2 aliphatic heterocycles. The van der Waals surface area contributed by atoms with Crippen molar-refractivity contribution >= 4 is 21.8 Å². The molecule has 0 fully saturated rings. The molecule has 1 aromatic heterocycles. The standard InChI is InChI=1S/C16H13NO4/c1-3-11-15(20-7-5-18-11)13-9(1)10-2-4-12-16(14(10)17-13)21-8-6-19-12/h1-4,17H,5-8H2. The summed E-state index contributed by atoms with van der Waals surface area (Å²) in [6, 6.07) is 8.03. The highest BCUT2D eigenvalue weighted by atomic mass is 16.6. The number of aromatic nitrogens is 1. The second-order valence-corrected chi connectivity index (χ2v) is 5.15. The number of rotatable bonds is 0. The fourth-order valence-corrected chi connectivity index (χ4v) is 3.05. The van der Waals surface area contributed by atoms with Crippen molar-refractivity contribution < 1.29 is 18.9 Å². The van der Waals surface area contributed by atoms with Crippen molar-refractivity contribution in [3.05, 3.63) is 24.3 Å². The summed E-state index contributed by atoms with van der Waals surface area (Å²) in [6.45, 7) is 2.31. The Morgan fingerprint density at radius 3 is 1.62 bits per heavy atom. The molecule has 0 atom stereocenters. The molecule has 0 amide bonds. The lowest BCUT2D eigenvalue weighted by molar-refractivity contribution is 0.173. The lowest BCUT2D eigenvalue weighted by Crippen LogP contribution is -2.15. The van der Waals surface area contributed by atoms with E-state index in [0.717, 1.165) is 44.8 Å². The zero-order valence-corrected chi connectivity index (χ0v) is 11.3. The van der Waals surface area contributed by atoms with Crippen LogP contribution in [0.5, 0.6) is 23.0 Å². The number of aromatic amines is 1. The van der Waals surface area contributed by atoms with Gasteiger partial charge in [-0.3, -0.25) is 0 Å². The van der Waals surface area contributed by atoms with Crippen LogP contribution in [0, 0.1) is 0 Å². The summed E-state index contributed by atoms with van der Waals surface area (Å²) < 4.78 is 22.8. The molecule has 1 N–H and O–H groups in total. The maximum atomic E-state index is 5.78. The molecule has 3 aromatic rings. The van der Waals surface area contributed by atoms with Gasteiger partial charge in [-0.25, -0.2) is 0 Å². The van der Waals surface area contributed by atoms with Crippen LogP contribution in [0.15, 0.2) is 24.3 Å². The molecule has 0 aliphatic carbocycles. The number of H-pyrrole nitrogens is 1. The van der Waals surface area contributed by atoms with Gasteiger partial charge in [0.15, 0.2) is 23.0 Å². The van der Waals surface area contributed by atoms with Gasteiger partial charge in [-0.1, -0.05) is 0 Å². The predicted octanol–water partition coefficient (Wildman–Crippen LogP) is 2.86. The minimum Gasteiger partial charge on any atom is -0.486 e. The van der Waals surface area contributed by atoms with E-state index in [0.29, 0.717) is 26.4 Å². The SMILES string of the molecule is c1cc2c([nH]c3c4c(ccc32)OCCO4)c2c1OCCO2. The molecular formula is C16H13NO4. The molecule has 21 heavy (non-hydrogen) atoms. The molecule has 0 radical (unpaired) electrons. The van der Waals surface area contributed by atoms with Crippen LogP contribution >= 0.6 is 0 Å². The predicted molar refractivity (Wildman–Crippen MR) is 77.8 cm³/mol. The van der Waals surface area contributed by atoms with Gasteiger partial charge in [0.05, 0.1) is 11.0 Å². The van der Waals surface area contributed by atoms with Gasteiger partial charge in [-0.2, -0.15) is 0 Å². The minimum absolute atomic E-state index is 0.569. The molecule has 5 rings (SSSR count). The number of nitrogens with one attached hydrogen (secondary N) is 1. The first-order valence-electron chi connectivity index (χ1n) is 7.04. The van der Waals surface area contributed by atoms with Gasteiger partial charge in [-0.05, 0) is 24.3 Å². The molecule has 0 saturated carbocycles. The summed E-state index contributed by atoms with van der Waals surface area (Å²) in [4.78, 5) is 3.42. The molecule has 0 bridgehead atoms. The van der Waals surface area contributed by atoms with Crippen molar-refractivity contribution in [3.8, 4) is 23.0 Å². The second-order valence-electron chi connectivity index (χ2n) is 5.15. The fourth-order valence-electron chi connectivity index (χ4n) is 3.05. The van der Waals surface area contributed by atoms with E-state index in [1.807, 2.05) is 12.1 Å². The Hall–Kier alpha value is -2.56. The maximum absolute atomic E-state index is 5.78. The van der Waals surface area contributed by atoms with Crippen molar-refractivity contribution in [2.75, 3.05) is 26.4 Å². The van der Waals surface area contributed by atoms with Crippen LogP contribution in [0.1, 0.15) is 0 Å². The maximum Gasteiger partial charge on any atom is 0.185 e. The van der Waals surface area contributed by atoms with Crippen molar-refractivity contribution in [1.82, 2.24) is 4.98 Å². The van der Waals surface area contributed by atoms with E-state index < -0.39 is 0 Å². The van der Waals surface area contributed by atoms with Gasteiger partial charge >= 0.3 is 0 Å². The number of fused-ring (bicyclic) bond motifs is 7. The Bertz CT molecular complexity index is 797. The second kappa shape index (κ2) is 3.97. The first-order chi connectivity index (χ1) is 10.4. The Balaban J connectivity index is 1.88. The summed E-state index contributed by atoms with van der Waals surface area (Å²) in [7, 11) is 0. The zero-order chi connectivity index (χ0) is 13.8. The summed E-state index contributed by atoms with van der Waals surface area (Å²) in [5.74, 6) is 3.12. The fraction of sp³-hybridized carbons (Fsp3) is 0.250. The van der Waals surface area contributed by atoms with E-state index in [9.17, 15) is 0 Å². The molecule has 0 unspecified atom stereocenters. The monoisotopic (exact) mass is 283 g/mol. The third-order valence-electron chi connectivity index (χ3n) is 3.96. The summed E-state index contributed by atoms with van der Waals surface area (Å²) in [5, 5.41) is 2.21. The molecule has 2 aliphatic rings. The van der Waals surface area contributed by atoms with E-state index in [1.165, 1.54) is 0 Å². The van der Waals surface area contributed by atoms with Gasteiger partial charge in [0, 0.05) is 10.8 Å². The average Bonchev–Trinajstić information content (AvgIpc) is 2.94.